The third-order valence-corrected chi connectivity index (χ3v) is 3.49. The van der Waals surface area contributed by atoms with Gasteiger partial charge < -0.3 is 9.90 Å². The highest BCUT2D eigenvalue weighted by atomic mass is 32.1. The van der Waals surface area contributed by atoms with E-state index in [0.717, 1.165) is 15.4 Å². The summed E-state index contributed by atoms with van der Waals surface area (Å²) in [5.41, 5.74) is 2.78. The highest BCUT2D eigenvalue weighted by Crippen LogP contribution is 2.30. The summed E-state index contributed by atoms with van der Waals surface area (Å²) in [6.45, 7) is 3.89. The molecule has 0 unspecified atom stereocenters. The maximum atomic E-state index is 10.7. The Bertz CT molecular complexity index is 543. The lowest BCUT2D eigenvalue weighted by Crippen LogP contribution is -2.24. The van der Waals surface area contributed by atoms with Crippen LogP contribution < -0.4 is 5.11 Å². The normalized spacial score (nSPS) is 10.5. The quantitative estimate of drug-likeness (QED) is 0.828. The van der Waals surface area contributed by atoms with Crippen LogP contribution in [0.5, 0.6) is 0 Å². The summed E-state index contributed by atoms with van der Waals surface area (Å²) < 4.78 is 0. The van der Waals surface area contributed by atoms with Gasteiger partial charge in [0.05, 0.1) is 15.6 Å². The number of carboxylic acid groups (broad SMARTS) is 1. The van der Waals surface area contributed by atoms with Crippen molar-refractivity contribution in [2.75, 3.05) is 0 Å². The maximum absolute atomic E-state index is 10.7. The molecule has 1 heterocycles. The van der Waals surface area contributed by atoms with Gasteiger partial charge in [-0.25, -0.2) is 4.98 Å². The molecule has 0 aliphatic heterocycles. The number of aliphatic carboxylic acids is 1. The van der Waals surface area contributed by atoms with Crippen LogP contribution in [0.2, 0.25) is 0 Å². The van der Waals surface area contributed by atoms with Gasteiger partial charge in [0.2, 0.25) is 0 Å². The first-order valence-corrected chi connectivity index (χ1v) is 6.11. The molecule has 0 bridgehead atoms. The lowest BCUT2D eigenvalue weighted by atomic mass is 10.1. The monoisotopic (exact) mass is 246 g/mol. The second-order valence-electron chi connectivity index (χ2n) is 3.92. The zero-order valence-electron chi connectivity index (χ0n) is 9.69. The van der Waals surface area contributed by atoms with Gasteiger partial charge in [-0.2, -0.15) is 0 Å². The lowest BCUT2D eigenvalue weighted by molar-refractivity contribution is -0.304. The SMILES string of the molecule is Cc1ccc(-c2sc(C)nc2CC(=O)[O-])cc1. The van der Waals surface area contributed by atoms with E-state index in [4.69, 9.17) is 0 Å². The number of aryl methyl sites for hydroxylation is 2. The van der Waals surface area contributed by atoms with Crippen molar-refractivity contribution >= 4 is 17.3 Å². The van der Waals surface area contributed by atoms with Crippen LogP contribution in [-0.2, 0) is 11.2 Å². The van der Waals surface area contributed by atoms with E-state index in [1.165, 1.54) is 16.9 Å². The van der Waals surface area contributed by atoms with E-state index in [-0.39, 0.29) is 6.42 Å². The molecule has 0 saturated carbocycles. The van der Waals surface area contributed by atoms with Crippen LogP contribution in [-0.4, -0.2) is 11.0 Å². The number of rotatable bonds is 3. The molecule has 0 saturated heterocycles. The molecule has 3 nitrogen and oxygen atoms in total. The first kappa shape index (κ1) is 11.8. The van der Waals surface area contributed by atoms with Gasteiger partial charge in [0.1, 0.15) is 0 Å². The standard InChI is InChI=1S/C13H13NO2S/c1-8-3-5-10(6-4-8)13-11(7-12(15)16)14-9(2)17-13/h3-6H,7H2,1-2H3,(H,15,16)/p-1. The van der Waals surface area contributed by atoms with Gasteiger partial charge in [-0.1, -0.05) is 29.8 Å². The van der Waals surface area contributed by atoms with Crippen molar-refractivity contribution in [2.24, 2.45) is 0 Å². The smallest absolute Gasteiger partial charge is 0.0904 e. The number of hydrogen-bond donors (Lipinski definition) is 0. The molecule has 0 atom stereocenters. The van der Waals surface area contributed by atoms with E-state index in [1.54, 1.807) is 0 Å². The van der Waals surface area contributed by atoms with Crippen LogP contribution >= 0.6 is 11.3 Å². The zero-order valence-corrected chi connectivity index (χ0v) is 10.5. The molecule has 0 spiro atoms. The number of aromatic nitrogens is 1. The van der Waals surface area contributed by atoms with Crippen molar-refractivity contribution < 1.29 is 9.90 Å². The second kappa shape index (κ2) is 4.67. The minimum atomic E-state index is -1.09. The van der Waals surface area contributed by atoms with E-state index in [2.05, 4.69) is 4.98 Å². The third kappa shape index (κ3) is 2.71. The van der Waals surface area contributed by atoms with Gasteiger partial charge in [0.25, 0.3) is 0 Å². The Kier molecular flexibility index (Phi) is 3.24. The number of benzene rings is 1. The number of nitrogens with zero attached hydrogens (tertiary/aromatic N) is 1. The van der Waals surface area contributed by atoms with Crippen molar-refractivity contribution in [1.29, 1.82) is 0 Å². The molecule has 17 heavy (non-hydrogen) atoms. The molecule has 1 aromatic carbocycles. The van der Waals surface area contributed by atoms with Crippen molar-refractivity contribution in [3.05, 3.63) is 40.5 Å². The average molecular weight is 246 g/mol. The van der Waals surface area contributed by atoms with Gasteiger partial charge >= 0.3 is 0 Å². The Morgan fingerprint density at radius 2 is 1.94 bits per heavy atom. The molecule has 1 aromatic heterocycles. The molecule has 0 radical (unpaired) electrons. The van der Waals surface area contributed by atoms with Gasteiger partial charge in [-0.3, -0.25) is 0 Å². The Labute approximate surface area is 104 Å². The molecule has 0 amide bonds. The van der Waals surface area contributed by atoms with Crippen molar-refractivity contribution in [3.8, 4) is 10.4 Å². The zero-order chi connectivity index (χ0) is 12.4. The Balaban J connectivity index is 2.43. The largest absolute Gasteiger partial charge is 0.550 e. The van der Waals surface area contributed by atoms with Crippen LogP contribution in [0.3, 0.4) is 0 Å². The number of carboxylic acids is 1. The minimum absolute atomic E-state index is 0.131. The predicted molar refractivity (Wildman–Crippen MR) is 65.7 cm³/mol. The van der Waals surface area contributed by atoms with Crippen LogP contribution in [0.4, 0.5) is 0 Å². The van der Waals surface area contributed by atoms with Crippen molar-refractivity contribution in [1.82, 2.24) is 4.98 Å². The molecule has 88 valence electrons. The molecular weight excluding hydrogens is 234 g/mol. The third-order valence-electron chi connectivity index (χ3n) is 2.43. The first-order chi connectivity index (χ1) is 8.06. The Hall–Kier alpha value is -1.68. The number of hydrogen-bond acceptors (Lipinski definition) is 4. The summed E-state index contributed by atoms with van der Waals surface area (Å²) in [6.07, 6.45) is -0.131. The van der Waals surface area contributed by atoms with Crippen LogP contribution in [0.15, 0.2) is 24.3 Å². The topological polar surface area (TPSA) is 53.0 Å². The fourth-order valence-electron chi connectivity index (χ4n) is 1.66. The van der Waals surface area contributed by atoms with Gasteiger partial charge in [-0.05, 0) is 19.4 Å². The van der Waals surface area contributed by atoms with Gasteiger partial charge in [0, 0.05) is 12.4 Å². The van der Waals surface area contributed by atoms with Crippen molar-refractivity contribution in [3.63, 3.8) is 0 Å². The molecule has 0 aliphatic rings. The minimum Gasteiger partial charge on any atom is -0.550 e. The van der Waals surface area contributed by atoms with Crippen LogP contribution in [0.1, 0.15) is 16.3 Å². The molecule has 2 rings (SSSR count). The highest BCUT2D eigenvalue weighted by Gasteiger charge is 2.11. The fraction of sp³-hybridized carbons (Fsp3) is 0.231. The maximum Gasteiger partial charge on any atom is 0.0904 e. The van der Waals surface area contributed by atoms with Crippen LogP contribution in [0, 0.1) is 13.8 Å². The summed E-state index contributed by atoms with van der Waals surface area (Å²) in [5.74, 6) is -1.09. The van der Waals surface area contributed by atoms with Gasteiger partial charge in [-0.15, -0.1) is 11.3 Å². The Morgan fingerprint density at radius 1 is 1.29 bits per heavy atom. The van der Waals surface area contributed by atoms with Crippen LogP contribution in [0.25, 0.3) is 10.4 Å². The van der Waals surface area contributed by atoms with E-state index >= 15 is 0 Å². The Morgan fingerprint density at radius 3 is 2.53 bits per heavy atom. The fourth-order valence-corrected chi connectivity index (χ4v) is 2.60. The summed E-state index contributed by atoms with van der Waals surface area (Å²) in [5, 5.41) is 11.5. The summed E-state index contributed by atoms with van der Waals surface area (Å²) >= 11 is 1.51. The second-order valence-corrected chi connectivity index (χ2v) is 5.13. The van der Waals surface area contributed by atoms with E-state index in [0.29, 0.717) is 5.69 Å². The van der Waals surface area contributed by atoms with E-state index in [1.807, 2.05) is 38.1 Å². The molecule has 2 aromatic rings. The summed E-state index contributed by atoms with van der Waals surface area (Å²) in [7, 11) is 0. The number of carbonyl (C=O) groups is 1. The number of carbonyl (C=O) groups excluding carboxylic acids is 1. The molecule has 0 aliphatic carbocycles. The lowest BCUT2D eigenvalue weighted by Gasteiger charge is -2.03. The van der Waals surface area contributed by atoms with Gasteiger partial charge in [0.15, 0.2) is 0 Å². The predicted octanol–water partition coefficient (Wildman–Crippen LogP) is 1.72. The summed E-state index contributed by atoms with van der Waals surface area (Å²) in [6, 6.07) is 7.99. The highest BCUT2D eigenvalue weighted by molar-refractivity contribution is 7.15. The first-order valence-electron chi connectivity index (χ1n) is 5.29. The van der Waals surface area contributed by atoms with Crippen molar-refractivity contribution in [2.45, 2.75) is 20.3 Å². The van der Waals surface area contributed by atoms with E-state index in [9.17, 15) is 9.90 Å². The molecule has 0 fully saturated rings. The summed E-state index contributed by atoms with van der Waals surface area (Å²) in [4.78, 5) is 15.8. The molecular formula is C13H12NO2S-. The van der Waals surface area contributed by atoms with E-state index < -0.39 is 5.97 Å². The molecule has 4 heteroatoms. The molecule has 0 N–H and O–H groups in total. The average Bonchev–Trinajstić information content (AvgIpc) is 2.59. The number of thiazole rings is 1.